The van der Waals surface area contributed by atoms with E-state index in [2.05, 4.69) is 32.2 Å². The molecule has 7 nitrogen and oxygen atoms in total. The molecule has 0 aromatic carbocycles. The Labute approximate surface area is 136 Å². The van der Waals surface area contributed by atoms with Gasteiger partial charge in [0.05, 0.1) is 11.9 Å². The SMILES string of the molecule is COCn1ncc(C)c1CN[C@@H]1CCCN(c2ncccn2)C1. The van der Waals surface area contributed by atoms with Gasteiger partial charge in [-0.3, -0.25) is 0 Å². The number of hydrogen-bond acceptors (Lipinski definition) is 6. The van der Waals surface area contributed by atoms with E-state index >= 15 is 0 Å². The van der Waals surface area contributed by atoms with Crippen molar-refractivity contribution in [3.63, 3.8) is 0 Å². The first kappa shape index (κ1) is 15.9. The molecule has 1 saturated heterocycles. The second-order valence-corrected chi connectivity index (χ2v) is 5.91. The van der Waals surface area contributed by atoms with Crippen LogP contribution in [0, 0.1) is 6.92 Å². The van der Waals surface area contributed by atoms with Gasteiger partial charge in [0.2, 0.25) is 5.95 Å². The Morgan fingerprint density at radius 2 is 2.17 bits per heavy atom. The van der Waals surface area contributed by atoms with Crippen LogP contribution in [0.2, 0.25) is 0 Å². The molecule has 124 valence electrons. The Bertz CT molecular complexity index is 614. The summed E-state index contributed by atoms with van der Waals surface area (Å²) < 4.78 is 7.10. The number of piperidine rings is 1. The van der Waals surface area contributed by atoms with Crippen LogP contribution in [0.15, 0.2) is 24.7 Å². The number of methoxy groups -OCH3 is 1. The van der Waals surface area contributed by atoms with Crippen LogP contribution in [0.3, 0.4) is 0 Å². The predicted molar refractivity (Wildman–Crippen MR) is 88.1 cm³/mol. The van der Waals surface area contributed by atoms with Crippen molar-refractivity contribution in [2.24, 2.45) is 0 Å². The Morgan fingerprint density at radius 1 is 1.35 bits per heavy atom. The highest BCUT2D eigenvalue weighted by atomic mass is 16.5. The predicted octanol–water partition coefficient (Wildman–Crippen LogP) is 1.34. The van der Waals surface area contributed by atoms with E-state index in [1.165, 1.54) is 17.7 Å². The van der Waals surface area contributed by atoms with Crippen molar-refractivity contribution >= 4 is 5.95 Å². The minimum atomic E-state index is 0.429. The summed E-state index contributed by atoms with van der Waals surface area (Å²) in [6.45, 7) is 5.31. The quantitative estimate of drug-likeness (QED) is 0.867. The van der Waals surface area contributed by atoms with Gasteiger partial charge in [0.1, 0.15) is 6.73 Å². The summed E-state index contributed by atoms with van der Waals surface area (Å²) in [5.74, 6) is 0.819. The van der Waals surface area contributed by atoms with E-state index in [4.69, 9.17) is 4.74 Å². The fourth-order valence-electron chi connectivity index (χ4n) is 2.99. The van der Waals surface area contributed by atoms with Crippen LogP contribution in [0.1, 0.15) is 24.1 Å². The lowest BCUT2D eigenvalue weighted by atomic mass is 10.1. The molecule has 2 aromatic rings. The molecule has 0 amide bonds. The lowest BCUT2D eigenvalue weighted by molar-refractivity contribution is 0.117. The monoisotopic (exact) mass is 316 g/mol. The maximum Gasteiger partial charge on any atom is 0.225 e. The molecule has 0 unspecified atom stereocenters. The maximum atomic E-state index is 5.20. The van der Waals surface area contributed by atoms with E-state index in [1.54, 1.807) is 19.5 Å². The van der Waals surface area contributed by atoms with E-state index in [1.807, 2.05) is 16.9 Å². The summed E-state index contributed by atoms with van der Waals surface area (Å²) in [7, 11) is 1.69. The number of nitrogens with zero attached hydrogens (tertiary/aromatic N) is 5. The molecule has 0 aliphatic carbocycles. The normalized spacial score (nSPS) is 18.3. The molecule has 1 atom stereocenters. The molecule has 7 heteroatoms. The molecular weight excluding hydrogens is 292 g/mol. The summed E-state index contributed by atoms with van der Waals surface area (Å²) in [6.07, 6.45) is 7.80. The summed E-state index contributed by atoms with van der Waals surface area (Å²) in [5, 5.41) is 8.00. The third kappa shape index (κ3) is 3.86. The molecule has 2 aromatic heterocycles. The van der Waals surface area contributed by atoms with Crippen LogP contribution in [0.4, 0.5) is 5.95 Å². The number of hydrogen-bond donors (Lipinski definition) is 1. The van der Waals surface area contributed by atoms with Crippen molar-refractivity contribution < 1.29 is 4.74 Å². The molecule has 0 bridgehead atoms. The summed E-state index contributed by atoms with van der Waals surface area (Å²) in [4.78, 5) is 11.0. The van der Waals surface area contributed by atoms with E-state index in [-0.39, 0.29) is 0 Å². The largest absolute Gasteiger partial charge is 0.362 e. The fourth-order valence-corrected chi connectivity index (χ4v) is 2.99. The third-order valence-corrected chi connectivity index (χ3v) is 4.22. The number of ether oxygens (including phenoxy) is 1. The maximum absolute atomic E-state index is 5.20. The topological polar surface area (TPSA) is 68.1 Å². The molecule has 0 radical (unpaired) electrons. The van der Waals surface area contributed by atoms with Gasteiger partial charge in [-0.05, 0) is 31.4 Å². The summed E-state index contributed by atoms with van der Waals surface area (Å²) in [5.41, 5.74) is 2.37. The van der Waals surface area contributed by atoms with Gasteiger partial charge in [0, 0.05) is 45.2 Å². The number of nitrogens with one attached hydrogen (secondary N) is 1. The number of aromatic nitrogens is 4. The lowest BCUT2D eigenvalue weighted by Crippen LogP contribution is -2.46. The van der Waals surface area contributed by atoms with Crippen LogP contribution >= 0.6 is 0 Å². The van der Waals surface area contributed by atoms with Gasteiger partial charge >= 0.3 is 0 Å². The standard InChI is InChI=1S/C16H24N6O/c1-13-9-20-22(12-23-2)15(13)10-19-14-5-3-8-21(11-14)16-17-6-4-7-18-16/h4,6-7,9,14,19H,3,5,8,10-12H2,1-2H3/t14-/m1/s1. The first-order chi connectivity index (χ1) is 11.3. The first-order valence-electron chi connectivity index (χ1n) is 8.03. The van der Waals surface area contributed by atoms with E-state index in [9.17, 15) is 0 Å². The number of aryl methyl sites for hydroxylation is 1. The van der Waals surface area contributed by atoms with Crippen LogP contribution in [0.25, 0.3) is 0 Å². The fraction of sp³-hybridized carbons (Fsp3) is 0.562. The van der Waals surface area contributed by atoms with Crippen molar-refractivity contribution in [2.45, 2.75) is 39.1 Å². The average molecular weight is 316 g/mol. The van der Waals surface area contributed by atoms with Crippen LogP contribution in [-0.4, -0.2) is 46.0 Å². The average Bonchev–Trinajstić information content (AvgIpc) is 2.94. The highest BCUT2D eigenvalue weighted by molar-refractivity contribution is 5.29. The van der Waals surface area contributed by atoms with Crippen LogP contribution in [-0.2, 0) is 18.0 Å². The smallest absolute Gasteiger partial charge is 0.225 e. The van der Waals surface area contributed by atoms with E-state index in [0.29, 0.717) is 12.8 Å². The molecule has 1 N–H and O–H groups in total. The first-order valence-corrected chi connectivity index (χ1v) is 8.03. The summed E-state index contributed by atoms with van der Waals surface area (Å²) >= 11 is 0. The number of rotatable bonds is 6. The highest BCUT2D eigenvalue weighted by Crippen LogP contribution is 2.16. The van der Waals surface area contributed by atoms with Gasteiger partial charge in [-0.25, -0.2) is 14.6 Å². The molecule has 3 heterocycles. The lowest BCUT2D eigenvalue weighted by Gasteiger charge is -2.33. The van der Waals surface area contributed by atoms with Crippen LogP contribution < -0.4 is 10.2 Å². The molecule has 1 aliphatic heterocycles. The molecule has 23 heavy (non-hydrogen) atoms. The molecule has 3 rings (SSSR count). The van der Waals surface area contributed by atoms with Gasteiger partial charge in [0.15, 0.2) is 0 Å². The van der Waals surface area contributed by atoms with Gasteiger partial charge in [0.25, 0.3) is 0 Å². The van der Waals surface area contributed by atoms with E-state index < -0.39 is 0 Å². The van der Waals surface area contributed by atoms with Crippen molar-refractivity contribution in [1.82, 2.24) is 25.1 Å². The number of anilines is 1. The van der Waals surface area contributed by atoms with Crippen molar-refractivity contribution in [3.05, 3.63) is 35.9 Å². The summed E-state index contributed by atoms with van der Waals surface area (Å²) in [6, 6.07) is 2.28. The van der Waals surface area contributed by atoms with Gasteiger partial charge < -0.3 is 15.0 Å². The zero-order chi connectivity index (χ0) is 16.1. The Morgan fingerprint density at radius 3 is 2.96 bits per heavy atom. The third-order valence-electron chi connectivity index (χ3n) is 4.22. The van der Waals surface area contributed by atoms with Crippen molar-refractivity contribution in [3.8, 4) is 0 Å². The highest BCUT2D eigenvalue weighted by Gasteiger charge is 2.21. The van der Waals surface area contributed by atoms with Gasteiger partial charge in [-0.1, -0.05) is 0 Å². The molecule has 1 aliphatic rings. The Hall–Kier alpha value is -1.99. The molecular formula is C16H24N6O. The zero-order valence-corrected chi connectivity index (χ0v) is 13.8. The minimum Gasteiger partial charge on any atom is -0.362 e. The zero-order valence-electron chi connectivity index (χ0n) is 13.8. The van der Waals surface area contributed by atoms with Crippen molar-refractivity contribution in [1.29, 1.82) is 0 Å². The van der Waals surface area contributed by atoms with Gasteiger partial charge in [-0.2, -0.15) is 5.10 Å². The van der Waals surface area contributed by atoms with Crippen molar-refractivity contribution in [2.75, 3.05) is 25.1 Å². The van der Waals surface area contributed by atoms with E-state index in [0.717, 1.165) is 32.0 Å². The second kappa shape index (κ2) is 7.52. The van der Waals surface area contributed by atoms with Crippen LogP contribution in [0.5, 0.6) is 0 Å². The Kier molecular flexibility index (Phi) is 5.19. The Balaban J connectivity index is 1.59. The second-order valence-electron chi connectivity index (χ2n) is 5.91. The molecule has 0 saturated carbocycles. The molecule has 1 fully saturated rings. The minimum absolute atomic E-state index is 0.429. The van der Waals surface area contributed by atoms with Gasteiger partial charge in [-0.15, -0.1) is 0 Å². The molecule has 0 spiro atoms.